The third kappa shape index (κ3) is 2.99. The summed E-state index contributed by atoms with van der Waals surface area (Å²) in [6.07, 6.45) is 1.68. The van der Waals surface area contributed by atoms with Crippen molar-refractivity contribution in [3.05, 3.63) is 0 Å². The molecule has 0 bridgehead atoms. The number of carbonyl (C=O) groups excluding carboxylic acids is 4. The topological polar surface area (TPSA) is 68.3 Å². The average Bonchev–Trinajstić information content (AvgIpc) is 2.25. The van der Waals surface area contributed by atoms with Gasteiger partial charge in [0.1, 0.15) is 23.1 Å². The fourth-order valence-electron chi connectivity index (χ4n) is 3.21. The summed E-state index contributed by atoms with van der Waals surface area (Å²) >= 11 is 0. The van der Waals surface area contributed by atoms with Crippen molar-refractivity contribution < 1.29 is 19.2 Å². The van der Waals surface area contributed by atoms with Crippen molar-refractivity contribution in [3.63, 3.8) is 0 Å². The Labute approximate surface area is 112 Å². The molecule has 104 valence electrons. The molecule has 0 atom stereocenters. The number of hydrogen-bond acceptors (Lipinski definition) is 4. The largest absolute Gasteiger partial charge is 0.299 e. The third-order valence-corrected chi connectivity index (χ3v) is 4.22. The van der Waals surface area contributed by atoms with Crippen LogP contribution in [-0.4, -0.2) is 23.1 Å². The first-order chi connectivity index (χ1) is 8.88. The Hall–Kier alpha value is -1.32. The highest BCUT2D eigenvalue weighted by Gasteiger charge is 2.40. The molecule has 2 aliphatic rings. The molecule has 19 heavy (non-hydrogen) atoms. The summed E-state index contributed by atoms with van der Waals surface area (Å²) in [5.74, 6) is -1.63. The Bertz CT molecular complexity index is 361. The minimum Gasteiger partial charge on any atom is -0.299 e. The summed E-state index contributed by atoms with van der Waals surface area (Å²) in [5.41, 5.74) is 0. The van der Waals surface area contributed by atoms with Gasteiger partial charge in [0.15, 0.2) is 0 Å². The molecule has 0 aromatic rings. The molecule has 0 unspecified atom stereocenters. The average molecular weight is 264 g/mol. The lowest BCUT2D eigenvalue weighted by molar-refractivity contribution is -0.141. The zero-order chi connectivity index (χ0) is 14.2. The molecule has 2 rings (SSSR count). The smallest absolute Gasteiger partial charge is 0.143 e. The van der Waals surface area contributed by atoms with Gasteiger partial charge in [0.05, 0.1) is 11.8 Å². The molecular weight excluding hydrogens is 244 g/mol. The van der Waals surface area contributed by atoms with Crippen molar-refractivity contribution in [2.45, 2.75) is 46.0 Å². The Morgan fingerprint density at radius 3 is 1.21 bits per heavy atom. The van der Waals surface area contributed by atoms with Crippen LogP contribution in [0.15, 0.2) is 0 Å². The molecule has 0 aromatic heterocycles. The van der Waals surface area contributed by atoms with E-state index in [0.717, 1.165) is 0 Å². The minimum atomic E-state index is -0.720. The first-order valence-corrected chi connectivity index (χ1v) is 6.99. The van der Waals surface area contributed by atoms with E-state index in [1.807, 2.05) is 13.8 Å². The van der Waals surface area contributed by atoms with Gasteiger partial charge in [-0.2, -0.15) is 0 Å². The van der Waals surface area contributed by atoms with E-state index in [2.05, 4.69) is 0 Å². The Balaban J connectivity index is 2.08. The molecule has 0 radical (unpaired) electrons. The van der Waals surface area contributed by atoms with Gasteiger partial charge < -0.3 is 0 Å². The monoisotopic (exact) mass is 264 g/mol. The van der Waals surface area contributed by atoms with Gasteiger partial charge in [-0.25, -0.2) is 0 Å². The lowest BCUT2D eigenvalue weighted by Crippen LogP contribution is -2.39. The van der Waals surface area contributed by atoms with Crippen LogP contribution >= 0.6 is 0 Å². The van der Waals surface area contributed by atoms with Crippen LogP contribution in [0.3, 0.4) is 0 Å². The Kier molecular flexibility index (Phi) is 3.97. The quantitative estimate of drug-likeness (QED) is 0.712. The predicted molar refractivity (Wildman–Crippen MR) is 68.4 cm³/mol. The second kappa shape index (κ2) is 5.35. The number of carbonyl (C=O) groups is 4. The third-order valence-electron chi connectivity index (χ3n) is 4.22. The molecular formula is C15H20O4. The van der Waals surface area contributed by atoms with Crippen molar-refractivity contribution in [1.29, 1.82) is 0 Å². The molecule has 0 aliphatic heterocycles. The van der Waals surface area contributed by atoms with E-state index in [1.165, 1.54) is 0 Å². The van der Waals surface area contributed by atoms with E-state index in [1.54, 1.807) is 0 Å². The molecule has 0 N–H and O–H groups in total. The molecule has 0 amide bonds. The molecule has 0 aromatic carbocycles. The molecule has 4 heteroatoms. The molecule has 2 aliphatic carbocycles. The van der Waals surface area contributed by atoms with Crippen LogP contribution in [0.4, 0.5) is 0 Å². The first kappa shape index (κ1) is 14.1. The van der Waals surface area contributed by atoms with Gasteiger partial charge in [0, 0.05) is 25.7 Å². The highest BCUT2D eigenvalue weighted by molar-refractivity contribution is 6.08. The second-order valence-corrected chi connectivity index (χ2v) is 6.23. The Morgan fingerprint density at radius 1 is 0.684 bits per heavy atom. The van der Waals surface area contributed by atoms with E-state index in [4.69, 9.17) is 0 Å². The number of ketones is 4. The van der Waals surface area contributed by atoms with Crippen molar-refractivity contribution >= 4 is 23.1 Å². The van der Waals surface area contributed by atoms with E-state index in [-0.39, 0.29) is 41.4 Å². The van der Waals surface area contributed by atoms with Gasteiger partial charge >= 0.3 is 0 Å². The summed E-state index contributed by atoms with van der Waals surface area (Å²) < 4.78 is 0. The molecule has 0 saturated heterocycles. The van der Waals surface area contributed by atoms with Crippen LogP contribution in [0.25, 0.3) is 0 Å². The van der Waals surface area contributed by atoms with Gasteiger partial charge in [-0.15, -0.1) is 0 Å². The maximum Gasteiger partial charge on any atom is 0.143 e. The zero-order valence-corrected chi connectivity index (χ0v) is 11.5. The highest BCUT2D eigenvalue weighted by atomic mass is 16.2. The Morgan fingerprint density at radius 2 is 0.947 bits per heavy atom. The van der Waals surface area contributed by atoms with Gasteiger partial charge in [0.25, 0.3) is 0 Å². The van der Waals surface area contributed by atoms with E-state index >= 15 is 0 Å². The van der Waals surface area contributed by atoms with Crippen molar-refractivity contribution in [3.8, 4) is 0 Å². The normalized spacial score (nSPS) is 36.7. The van der Waals surface area contributed by atoms with E-state index in [9.17, 15) is 19.2 Å². The summed E-state index contributed by atoms with van der Waals surface area (Å²) in [7, 11) is 0. The summed E-state index contributed by atoms with van der Waals surface area (Å²) in [6, 6.07) is 0. The summed E-state index contributed by atoms with van der Waals surface area (Å²) in [5, 5.41) is 0. The minimum absolute atomic E-state index is 0.0917. The fourth-order valence-corrected chi connectivity index (χ4v) is 3.21. The van der Waals surface area contributed by atoms with Gasteiger partial charge in [0.2, 0.25) is 0 Å². The standard InChI is InChI=1S/C15H20O4/c1-8-3-12(16)10(13(17)4-8)7-11-14(18)5-9(2)6-15(11)19/h8-11H,3-7H2,1-2H3. The van der Waals surface area contributed by atoms with Crippen LogP contribution in [0.1, 0.15) is 46.0 Å². The summed E-state index contributed by atoms with van der Waals surface area (Å²) in [4.78, 5) is 47.7. The lowest BCUT2D eigenvalue weighted by Gasteiger charge is -2.29. The van der Waals surface area contributed by atoms with Gasteiger partial charge in [-0.3, -0.25) is 19.2 Å². The van der Waals surface area contributed by atoms with Crippen LogP contribution in [0, 0.1) is 23.7 Å². The van der Waals surface area contributed by atoms with Crippen molar-refractivity contribution in [2.24, 2.45) is 23.7 Å². The molecule has 4 nitrogen and oxygen atoms in total. The van der Waals surface area contributed by atoms with Crippen LogP contribution in [0.2, 0.25) is 0 Å². The molecule has 0 spiro atoms. The molecule has 2 saturated carbocycles. The predicted octanol–water partition coefficient (Wildman–Crippen LogP) is 1.75. The number of hydrogen-bond donors (Lipinski definition) is 0. The molecule has 2 fully saturated rings. The van der Waals surface area contributed by atoms with Crippen molar-refractivity contribution in [1.82, 2.24) is 0 Å². The number of Topliss-reactive ketones (excluding diaryl/α,β-unsaturated/α-hetero) is 4. The van der Waals surface area contributed by atoms with Crippen molar-refractivity contribution in [2.75, 3.05) is 0 Å². The summed E-state index contributed by atoms with van der Waals surface area (Å²) in [6.45, 7) is 3.76. The van der Waals surface area contributed by atoms with Gasteiger partial charge in [-0.1, -0.05) is 13.8 Å². The second-order valence-electron chi connectivity index (χ2n) is 6.23. The van der Waals surface area contributed by atoms with Gasteiger partial charge in [-0.05, 0) is 18.3 Å². The first-order valence-electron chi connectivity index (χ1n) is 6.99. The van der Waals surface area contributed by atoms with Crippen LogP contribution < -0.4 is 0 Å². The molecule has 0 heterocycles. The fraction of sp³-hybridized carbons (Fsp3) is 0.733. The van der Waals surface area contributed by atoms with E-state index in [0.29, 0.717) is 25.7 Å². The zero-order valence-electron chi connectivity index (χ0n) is 11.5. The lowest BCUT2D eigenvalue weighted by atomic mass is 9.71. The SMILES string of the molecule is CC1CC(=O)C(CC2C(=O)CC(C)CC2=O)C(=O)C1. The highest BCUT2D eigenvalue weighted by Crippen LogP contribution is 2.32. The van der Waals surface area contributed by atoms with Crippen LogP contribution in [-0.2, 0) is 19.2 Å². The van der Waals surface area contributed by atoms with E-state index < -0.39 is 11.8 Å². The number of rotatable bonds is 2. The maximum atomic E-state index is 11.9. The van der Waals surface area contributed by atoms with Crippen LogP contribution in [0.5, 0.6) is 0 Å². The maximum absolute atomic E-state index is 11.9.